The first-order valence-corrected chi connectivity index (χ1v) is 11.0. The number of nitrogens with one attached hydrogen (secondary N) is 1. The van der Waals surface area contributed by atoms with E-state index < -0.39 is 23.3 Å². The van der Waals surface area contributed by atoms with Gasteiger partial charge in [0.25, 0.3) is 5.91 Å². The number of aliphatic carboxylic acids is 1. The van der Waals surface area contributed by atoms with Gasteiger partial charge in [0.1, 0.15) is 16.7 Å². The number of nitrogens with zero attached hydrogens (tertiary/aromatic N) is 2. The van der Waals surface area contributed by atoms with Crippen molar-refractivity contribution in [2.45, 2.75) is 19.4 Å². The fraction of sp³-hybridized carbons (Fsp3) is 0.154. The molecular formula is C26H22ClN3O4. The van der Waals surface area contributed by atoms with Crippen molar-refractivity contribution in [1.29, 1.82) is 0 Å². The lowest BCUT2D eigenvalue weighted by molar-refractivity contribution is -0.147. The Bertz CT molecular complexity index is 1260. The van der Waals surface area contributed by atoms with Gasteiger partial charge >= 0.3 is 5.97 Å². The Morgan fingerprint density at radius 2 is 1.82 bits per heavy atom. The predicted molar refractivity (Wildman–Crippen MR) is 129 cm³/mol. The predicted octanol–water partition coefficient (Wildman–Crippen LogP) is 5.29. The van der Waals surface area contributed by atoms with Gasteiger partial charge in [-0.15, -0.1) is 0 Å². The first kappa shape index (κ1) is 23.2. The summed E-state index contributed by atoms with van der Waals surface area (Å²) >= 11 is 6.10. The first-order chi connectivity index (χ1) is 16.4. The maximum atomic E-state index is 13.1. The summed E-state index contributed by atoms with van der Waals surface area (Å²) in [5.41, 5.74) is 0.854. The lowest BCUT2D eigenvalue weighted by atomic mass is 9.75. The summed E-state index contributed by atoms with van der Waals surface area (Å²) in [5, 5.41) is 12.9. The maximum absolute atomic E-state index is 13.1. The Hall–Kier alpha value is -3.97. The SMILES string of the molecule is CC(NC(=O)c1cc(Cl)cnc1Oc1ccc(-c2ccncc2)cc1)C1(C(=O)O)C=CC=CC1. The molecule has 4 rings (SSSR count). The summed E-state index contributed by atoms with van der Waals surface area (Å²) in [4.78, 5) is 33.4. The third kappa shape index (κ3) is 4.84. The smallest absolute Gasteiger partial charge is 0.315 e. The van der Waals surface area contributed by atoms with Crippen LogP contribution < -0.4 is 10.1 Å². The van der Waals surface area contributed by atoms with Crippen LogP contribution in [0.4, 0.5) is 0 Å². The molecule has 0 saturated heterocycles. The van der Waals surface area contributed by atoms with Gasteiger partial charge in [0.2, 0.25) is 5.88 Å². The summed E-state index contributed by atoms with van der Waals surface area (Å²) < 4.78 is 5.89. The second-order valence-corrected chi connectivity index (χ2v) is 8.34. The van der Waals surface area contributed by atoms with Crippen molar-refractivity contribution in [3.05, 3.63) is 95.9 Å². The van der Waals surface area contributed by atoms with E-state index in [4.69, 9.17) is 16.3 Å². The van der Waals surface area contributed by atoms with Crippen LogP contribution >= 0.6 is 11.6 Å². The summed E-state index contributed by atoms with van der Waals surface area (Å²) in [6.45, 7) is 1.66. The van der Waals surface area contributed by atoms with E-state index in [0.717, 1.165) is 11.1 Å². The average molecular weight is 476 g/mol. The molecule has 3 aromatic rings. The second-order valence-electron chi connectivity index (χ2n) is 7.90. The number of carboxylic acids is 1. The van der Waals surface area contributed by atoms with Crippen LogP contribution in [0.15, 0.2) is 85.4 Å². The lowest BCUT2D eigenvalue weighted by Crippen LogP contribution is -2.49. The minimum atomic E-state index is -1.25. The minimum Gasteiger partial charge on any atom is -0.481 e. The highest BCUT2D eigenvalue weighted by atomic mass is 35.5. The summed E-state index contributed by atoms with van der Waals surface area (Å²) in [5.74, 6) is -1.00. The van der Waals surface area contributed by atoms with Crippen molar-refractivity contribution >= 4 is 23.5 Å². The van der Waals surface area contributed by atoms with Crippen LogP contribution in [0.25, 0.3) is 11.1 Å². The fourth-order valence-electron chi connectivity index (χ4n) is 3.75. The van der Waals surface area contributed by atoms with E-state index in [-0.39, 0.29) is 22.9 Å². The molecule has 0 radical (unpaired) electrons. The number of carbonyl (C=O) groups excluding carboxylic acids is 1. The van der Waals surface area contributed by atoms with Crippen molar-refractivity contribution in [1.82, 2.24) is 15.3 Å². The zero-order valence-electron chi connectivity index (χ0n) is 18.3. The Morgan fingerprint density at radius 3 is 2.47 bits per heavy atom. The third-order valence-corrected chi connectivity index (χ3v) is 5.97. The molecule has 1 aliphatic carbocycles. The summed E-state index contributed by atoms with van der Waals surface area (Å²) in [6.07, 6.45) is 11.9. The molecule has 1 aromatic carbocycles. The fourth-order valence-corrected chi connectivity index (χ4v) is 3.91. The van der Waals surface area contributed by atoms with Crippen molar-refractivity contribution in [3.8, 4) is 22.8 Å². The van der Waals surface area contributed by atoms with E-state index in [1.165, 1.54) is 12.3 Å². The Morgan fingerprint density at radius 1 is 1.12 bits per heavy atom. The molecule has 172 valence electrons. The van der Waals surface area contributed by atoms with E-state index in [0.29, 0.717) is 5.75 Å². The van der Waals surface area contributed by atoms with Crippen LogP contribution in [0.1, 0.15) is 23.7 Å². The van der Waals surface area contributed by atoms with Crippen molar-refractivity contribution < 1.29 is 19.4 Å². The summed E-state index contributed by atoms with van der Waals surface area (Å²) in [6, 6.07) is 11.9. The molecule has 0 bridgehead atoms. The summed E-state index contributed by atoms with van der Waals surface area (Å²) in [7, 11) is 0. The Labute approximate surface area is 201 Å². The number of hydrogen-bond acceptors (Lipinski definition) is 5. The van der Waals surface area contributed by atoms with Gasteiger partial charge in [-0.3, -0.25) is 14.6 Å². The third-order valence-electron chi connectivity index (χ3n) is 5.76. The molecule has 0 spiro atoms. The van der Waals surface area contributed by atoms with Crippen LogP contribution in [-0.4, -0.2) is 33.0 Å². The quantitative estimate of drug-likeness (QED) is 0.481. The molecule has 34 heavy (non-hydrogen) atoms. The zero-order valence-corrected chi connectivity index (χ0v) is 19.1. The number of pyridine rings is 2. The molecule has 0 saturated carbocycles. The van der Waals surface area contributed by atoms with Gasteiger partial charge in [-0.25, -0.2) is 4.98 Å². The number of carbonyl (C=O) groups is 2. The number of aromatic nitrogens is 2. The Balaban J connectivity index is 1.55. The minimum absolute atomic E-state index is 0.0641. The highest BCUT2D eigenvalue weighted by molar-refractivity contribution is 6.30. The molecule has 1 aliphatic rings. The maximum Gasteiger partial charge on any atom is 0.315 e. The number of allylic oxidation sites excluding steroid dienone is 3. The van der Waals surface area contributed by atoms with E-state index in [1.807, 2.05) is 24.3 Å². The number of rotatable bonds is 7. The van der Waals surface area contributed by atoms with E-state index in [2.05, 4.69) is 15.3 Å². The Kier molecular flexibility index (Phi) is 6.75. The van der Waals surface area contributed by atoms with E-state index >= 15 is 0 Å². The van der Waals surface area contributed by atoms with Crippen LogP contribution in [0, 0.1) is 5.41 Å². The van der Waals surface area contributed by atoms with Gasteiger partial charge in [0, 0.05) is 24.6 Å². The van der Waals surface area contributed by atoms with Gasteiger partial charge in [-0.1, -0.05) is 48.0 Å². The molecule has 0 fully saturated rings. The number of amides is 1. The van der Waals surface area contributed by atoms with Crippen LogP contribution in [0.3, 0.4) is 0 Å². The van der Waals surface area contributed by atoms with Crippen molar-refractivity contribution in [3.63, 3.8) is 0 Å². The number of halogens is 1. The second kappa shape index (κ2) is 9.89. The lowest BCUT2D eigenvalue weighted by Gasteiger charge is -2.33. The van der Waals surface area contributed by atoms with Gasteiger partial charge in [-0.05, 0) is 54.8 Å². The standard InChI is InChI=1S/C26H22ClN3O4/c1-17(26(25(32)33)11-3-2-4-12-26)30-23(31)22-15-20(27)16-29-24(22)34-21-7-5-18(6-8-21)19-9-13-28-14-10-19/h2-11,13-17H,12H2,1H3,(H,30,31)(H,32,33). The van der Waals surface area contributed by atoms with Crippen LogP contribution in [-0.2, 0) is 4.79 Å². The number of benzene rings is 1. The normalized spacial score (nSPS) is 17.7. The topological polar surface area (TPSA) is 101 Å². The molecule has 2 atom stereocenters. The molecule has 0 aliphatic heterocycles. The highest BCUT2D eigenvalue weighted by Gasteiger charge is 2.42. The van der Waals surface area contributed by atoms with Gasteiger partial charge < -0.3 is 15.2 Å². The van der Waals surface area contributed by atoms with E-state index in [9.17, 15) is 14.7 Å². The molecule has 2 unspecified atom stereocenters. The van der Waals surface area contributed by atoms with E-state index in [1.54, 1.807) is 55.8 Å². The van der Waals surface area contributed by atoms with Crippen LogP contribution in [0.2, 0.25) is 5.02 Å². The van der Waals surface area contributed by atoms with Gasteiger partial charge in [0.05, 0.1) is 5.02 Å². The molecule has 2 heterocycles. The van der Waals surface area contributed by atoms with Crippen molar-refractivity contribution in [2.75, 3.05) is 0 Å². The van der Waals surface area contributed by atoms with Crippen LogP contribution in [0.5, 0.6) is 11.6 Å². The largest absolute Gasteiger partial charge is 0.481 e. The average Bonchev–Trinajstić information content (AvgIpc) is 2.86. The van der Waals surface area contributed by atoms with Gasteiger partial charge in [0.15, 0.2) is 0 Å². The van der Waals surface area contributed by atoms with Gasteiger partial charge in [-0.2, -0.15) is 0 Å². The monoisotopic (exact) mass is 475 g/mol. The van der Waals surface area contributed by atoms with Crippen molar-refractivity contribution in [2.24, 2.45) is 5.41 Å². The molecule has 7 nitrogen and oxygen atoms in total. The molecule has 2 aromatic heterocycles. The molecule has 8 heteroatoms. The molecule has 2 N–H and O–H groups in total. The molecule has 1 amide bonds. The zero-order chi connectivity index (χ0) is 24.1. The number of carboxylic acid groups (broad SMARTS) is 1. The first-order valence-electron chi connectivity index (χ1n) is 10.6. The number of ether oxygens (including phenoxy) is 1. The highest BCUT2D eigenvalue weighted by Crippen LogP contribution is 2.33. The number of hydrogen-bond donors (Lipinski definition) is 2. The molecular weight excluding hydrogens is 454 g/mol.